The molecule has 5 heterocycles. The van der Waals surface area contributed by atoms with E-state index < -0.39 is 24.2 Å². The van der Waals surface area contributed by atoms with E-state index in [1.54, 1.807) is 0 Å². The van der Waals surface area contributed by atoms with Crippen LogP contribution in [0.15, 0.2) is 60.9 Å². The molecule has 3 atom stereocenters. The summed E-state index contributed by atoms with van der Waals surface area (Å²) in [6, 6.07) is 15.6. The van der Waals surface area contributed by atoms with Gasteiger partial charge in [0, 0.05) is 78.4 Å². The molecule has 1 aliphatic carbocycles. The first-order valence-electron chi connectivity index (χ1n) is 15.7. The van der Waals surface area contributed by atoms with Crippen LogP contribution < -0.4 is 0 Å². The van der Waals surface area contributed by atoms with Crippen LogP contribution in [0.25, 0.3) is 33.0 Å². The number of para-hydroxylation sites is 2. The quantitative estimate of drug-likeness (QED) is 0.263. The van der Waals surface area contributed by atoms with E-state index in [1.165, 1.54) is 11.9 Å². The number of halogens is 1. The smallest absolute Gasteiger partial charge is 0.261 e. The van der Waals surface area contributed by atoms with Gasteiger partial charge >= 0.3 is 0 Å². The van der Waals surface area contributed by atoms with Gasteiger partial charge in [0.1, 0.15) is 18.4 Å². The summed E-state index contributed by atoms with van der Waals surface area (Å²) in [5.74, 6) is -1.33. The lowest BCUT2D eigenvalue weighted by atomic mass is 9.94. The number of amides is 2. The summed E-state index contributed by atoms with van der Waals surface area (Å²) in [6.07, 6.45) is 6.57. The molecule has 1 spiro atoms. The van der Waals surface area contributed by atoms with Gasteiger partial charge < -0.3 is 23.3 Å². The van der Waals surface area contributed by atoms with E-state index in [-0.39, 0.29) is 18.4 Å². The summed E-state index contributed by atoms with van der Waals surface area (Å²) in [7, 11) is 1.52. The van der Waals surface area contributed by atoms with Crippen molar-refractivity contribution in [1.29, 1.82) is 0 Å². The van der Waals surface area contributed by atoms with Gasteiger partial charge in [-0.1, -0.05) is 42.8 Å². The number of nitrogens with zero attached hydrogens (tertiary/aromatic N) is 3. The van der Waals surface area contributed by atoms with Gasteiger partial charge in [0.15, 0.2) is 5.79 Å². The molecule has 0 N–H and O–H groups in total. The van der Waals surface area contributed by atoms with Crippen LogP contribution in [0.3, 0.4) is 0 Å². The molecule has 9 heteroatoms. The van der Waals surface area contributed by atoms with Crippen LogP contribution in [0.5, 0.6) is 0 Å². The van der Waals surface area contributed by atoms with Crippen LogP contribution in [-0.4, -0.2) is 70.3 Å². The Hall–Kier alpha value is -3.79. The molecule has 3 aliphatic heterocycles. The summed E-state index contributed by atoms with van der Waals surface area (Å²) in [5, 5.41) is 1.70. The van der Waals surface area contributed by atoms with Gasteiger partial charge in [-0.25, -0.2) is 4.39 Å². The number of carbonyl (C=O) groups is 2. The van der Waals surface area contributed by atoms with Crippen molar-refractivity contribution in [3.05, 3.63) is 72.1 Å². The van der Waals surface area contributed by atoms with Crippen molar-refractivity contribution in [3.8, 4) is 0 Å². The van der Waals surface area contributed by atoms with E-state index in [0.29, 0.717) is 42.9 Å². The van der Waals surface area contributed by atoms with Crippen LogP contribution in [0.1, 0.15) is 49.7 Å². The third kappa shape index (κ3) is 4.36. The molecule has 4 aliphatic rings. The fourth-order valence-corrected chi connectivity index (χ4v) is 7.65. The Morgan fingerprint density at radius 3 is 2.11 bits per heavy atom. The minimum atomic E-state index is -1.40. The van der Waals surface area contributed by atoms with Crippen LogP contribution in [-0.2, 0) is 36.9 Å². The fraction of sp³-hybridized carbons (Fsp3) is 0.429. The molecular weight excluding hydrogens is 561 g/mol. The van der Waals surface area contributed by atoms with Crippen molar-refractivity contribution >= 4 is 44.8 Å². The Kier molecular flexibility index (Phi) is 6.73. The third-order valence-corrected chi connectivity index (χ3v) is 9.84. The van der Waals surface area contributed by atoms with Crippen LogP contribution >= 0.6 is 0 Å². The van der Waals surface area contributed by atoms with Crippen molar-refractivity contribution in [2.75, 3.05) is 20.3 Å². The number of aryl methyl sites for hydroxylation is 1. The number of hydrogen-bond donors (Lipinski definition) is 0. The summed E-state index contributed by atoms with van der Waals surface area (Å²) < 4.78 is 39.6. The van der Waals surface area contributed by atoms with Crippen molar-refractivity contribution in [2.24, 2.45) is 0 Å². The maximum absolute atomic E-state index is 16.6. The normalized spacial score (nSPS) is 26.0. The molecule has 8 nitrogen and oxygen atoms in total. The highest BCUT2D eigenvalue weighted by atomic mass is 19.1. The molecular formula is C35H36FN3O5. The summed E-state index contributed by atoms with van der Waals surface area (Å²) >= 11 is 0. The molecule has 1 saturated carbocycles. The zero-order valence-corrected chi connectivity index (χ0v) is 24.8. The minimum absolute atomic E-state index is 0.0102. The maximum Gasteiger partial charge on any atom is 0.261 e. The van der Waals surface area contributed by atoms with E-state index in [2.05, 4.69) is 4.57 Å². The number of likely N-dealkylation sites (N-methyl/N-ethyl adjacent to an activating group) is 1. The largest absolute Gasteiger partial charge is 0.372 e. The summed E-state index contributed by atoms with van der Waals surface area (Å²) in [5.41, 5.74) is 3.82. The van der Waals surface area contributed by atoms with Crippen LogP contribution in [0.2, 0.25) is 0 Å². The molecule has 4 aromatic rings. The molecule has 4 bridgehead atoms. The lowest BCUT2D eigenvalue weighted by Gasteiger charge is -2.33. The SMILES string of the molecule is CN1C(=O)C2=C(C1=O)c1cn(c3ccccc13)C[C@@H](F)[C@@H]([C@H]1COC3(CCCCC3)O1)OCCCn1cc2c2ccccc21. The van der Waals surface area contributed by atoms with Crippen LogP contribution in [0, 0.1) is 0 Å². The van der Waals surface area contributed by atoms with Crippen molar-refractivity contribution < 1.29 is 28.2 Å². The summed E-state index contributed by atoms with van der Waals surface area (Å²) in [4.78, 5) is 28.7. The van der Waals surface area contributed by atoms with Gasteiger partial charge in [-0.15, -0.1) is 0 Å². The number of rotatable bonds is 1. The van der Waals surface area contributed by atoms with E-state index in [0.717, 1.165) is 59.5 Å². The number of fused-ring (bicyclic) bond motifs is 12. The minimum Gasteiger partial charge on any atom is -0.372 e. The van der Waals surface area contributed by atoms with Crippen LogP contribution in [0.4, 0.5) is 4.39 Å². The van der Waals surface area contributed by atoms with E-state index in [9.17, 15) is 9.59 Å². The Balaban J connectivity index is 1.27. The number of benzene rings is 2. The third-order valence-electron chi connectivity index (χ3n) is 9.84. The second kappa shape index (κ2) is 10.7. The predicted molar refractivity (Wildman–Crippen MR) is 164 cm³/mol. The van der Waals surface area contributed by atoms with Gasteiger partial charge in [0.05, 0.1) is 24.3 Å². The Morgan fingerprint density at radius 1 is 0.818 bits per heavy atom. The Morgan fingerprint density at radius 2 is 1.43 bits per heavy atom. The molecule has 2 aromatic heterocycles. The monoisotopic (exact) mass is 597 g/mol. The lowest BCUT2D eigenvalue weighted by molar-refractivity contribution is -0.203. The van der Waals surface area contributed by atoms with Gasteiger partial charge in [-0.3, -0.25) is 14.5 Å². The Labute approximate surface area is 255 Å². The topological polar surface area (TPSA) is 74.9 Å². The standard InChI is InChI=1S/C35H36FN3O5/c1-37-33(40)30-24-18-38(27-12-5-3-10-22(24)27)16-9-17-42-32(29-21-43-35(44-29)14-7-2-8-15-35)26(36)20-39-19-25(31(30)34(37)41)23-11-4-6-13-28(23)39/h3-6,10-13,18-19,26,29,32H,2,7-9,14-17,20-21H2,1H3/t26-,29-,32+/m1/s1. The highest BCUT2D eigenvalue weighted by Crippen LogP contribution is 2.43. The molecule has 228 valence electrons. The van der Waals surface area contributed by atoms with Gasteiger partial charge in [0.2, 0.25) is 0 Å². The predicted octanol–water partition coefficient (Wildman–Crippen LogP) is 5.71. The fourth-order valence-electron chi connectivity index (χ4n) is 7.65. The van der Waals surface area contributed by atoms with E-state index in [4.69, 9.17) is 14.2 Å². The second-order valence-electron chi connectivity index (χ2n) is 12.5. The maximum atomic E-state index is 16.6. The highest BCUT2D eigenvalue weighted by Gasteiger charge is 2.47. The lowest BCUT2D eigenvalue weighted by Crippen LogP contribution is -2.43. The second-order valence-corrected chi connectivity index (χ2v) is 12.5. The molecule has 0 unspecified atom stereocenters. The zero-order valence-electron chi connectivity index (χ0n) is 24.8. The molecule has 0 radical (unpaired) electrons. The first-order valence-corrected chi connectivity index (χ1v) is 15.7. The average Bonchev–Trinajstić information content (AvgIpc) is 3.77. The Bertz CT molecular complexity index is 1820. The highest BCUT2D eigenvalue weighted by molar-refractivity contribution is 6.50. The van der Waals surface area contributed by atoms with Gasteiger partial charge in [-0.05, 0) is 31.4 Å². The molecule has 2 aromatic carbocycles. The van der Waals surface area contributed by atoms with E-state index in [1.807, 2.05) is 65.5 Å². The van der Waals surface area contributed by atoms with Crippen molar-refractivity contribution in [1.82, 2.24) is 14.0 Å². The van der Waals surface area contributed by atoms with Crippen molar-refractivity contribution in [2.45, 2.75) is 75.8 Å². The molecule has 8 rings (SSSR count). The zero-order chi connectivity index (χ0) is 30.0. The number of carbonyl (C=O) groups excluding carboxylic acids is 2. The first kappa shape index (κ1) is 27.7. The number of ether oxygens (including phenoxy) is 3. The number of alkyl halides is 1. The first-order chi connectivity index (χ1) is 21.4. The van der Waals surface area contributed by atoms with E-state index >= 15 is 4.39 Å². The molecule has 2 fully saturated rings. The van der Waals surface area contributed by atoms with Crippen molar-refractivity contribution in [3.63, 3.8) is 0 Å². The number of hydrogen-bond acceptors (Lipinski definition) is 5. The molecule has 1 saturated heterocycles. The molecule has 2 amide bonds. The van der Waals surface area contributed by atoms with Gasteiger partial charge in [-0.2, -0.15) is 0 Å². The average molecular weight is 598 g/mol. The number of imide groups is 1. The molecule has 44 heavy (non-hydrogen) atoms. The number of aromatic nitrogens is 2. The van der Waals surface area contributed by atoms with Gasteiger partial charge in [0.25, 0.3) is 11.8 Å². The summed E-state index contributed by atoms with van der Waals surface area (Å²) in [6.45, 7) is 1.25.